The average Bonchev–Trinajstić information content (AvgIpc) is 2.72. The van der Waals surface area contributed by atoms with E-state index in [9.17, 15) is 15.0 Å². The number of ether oxygens (including phenoxy) is 4. The van der Waals surface area contributed by atoms with Crippen LogP contribution >= 0.6 is 0 Å². The highest BCUT2D eigenvalue weighted by molar-refractivity contribution is 5.94. The Morgan fingerprint density at radius 3 is 2.03 bits per heavy atom. The lowest BCUT2D eigenvalue weighted by molar-refractivity contribution is 0.0691. The number of benzene rings is 1. The molecule has 0 atom stereocenters. The van der Waals surface area contributed by atoms with Gasteiger partial charge in [0.15, 0.2) is 0 Å². The smallest absolute Gasteiger partial charge is 0.343 e. The number of aliphatic hydroxyl groups is 1. The van der Waals surface area contributed by atoms with E-state index in [4.69, 9.17) is 18.9 Å². The van der Waals surface area contributed by atoms with Crippen molar-refractivity contribution >= 4 is 5.97 Å². The molecule has 0 saturated heterocycles. The second-order valence-electron chi connectivity index (χ2n) is 5.82. The zero-order chi connectivity index (χ0) is 21.7. The summed E-state index contributed by atoms with van der Waals surface area (Å²) in [6.07, 6.45) is 0. The predicted octanol–water partition coefficient (Wildman–Crippen LogP) is 2.37. The van der Waals surface area contributed by atoms with E-state index in [1.165, 1.54) is 38.5 Å². The van der Waals surface area contributed by atoms with E-state index in [2.05, 4.69) is 19.9 Å². The minimum atomic E-state index is -1.31. The molecule has 1 aromatic carbocycles. The highest BCUT2D eigenvalue weighted by Gasteiger charge is 2.21. The van der Waals surface area contributed by atoms with E-state index >= 15 is 0 Å². The van der Waals surface area contributed by atoms with Crippen LogP contribution in [0, 0.1) is 6.92 Å². The van der Waals surface area contributed by atoms with Crippen molar-refractivity contribution in [1.82, 2.24) is 19.9 Å². The van der Waals surface area contributed by atoms with E-state index in [1.54, 1.807) is 13.0 Å². The van der Waals surface area contributed by atoms with Crippen molar-refractivity contribution in [2.45, 2.75) is 13.5 Å². The molecule has 0 aliphatic carbocycles. The summed E-state index contributed by atoms with van der Waals surface area (Å²) < 4.78 is 21.3. The van der Waals surface area contributed by atoms with Crippen LogP contribution in [0.4, 0.5) is 0 Å². The third-order valence-corrected chi connectivity index (χ3v) is 3.73. The lowest BCUT2D eigenvalue weighted by Crippen LogP contribution is -2.06. The van der Waals surface area contributed by atoms with Gasteiger partial charge in [0.25, 0.3) is 0 Å². The molecule has 0 bridgehead atoms. The summed E-state index contributed by atoms with van der Waals surface area (Å²) in [6.45, 7) is 1.34. The van der Waals surface area contributed by atoms with E-state index in [-0.39, 0.29) is 53.1 Å². The topological polar surface area (TPSA) is 146 Å². The number of aromatic nitrogens is 4. The van der Waals surface area contributed by atoms with Crippen LogP contribution in [0.1, 0.15) is 21.7 Å². The molecule has 0 saturated carbocycles. The number of carboxylic acid groups (broad SMARTS) is 1. The highest BCUT2D eigenvalue weighted by atomic mass is 16.5. The second-order valence-corrected chi connectivity index (χ2v) is 5.82. The molecule has 2 aromatic heterocycles. The van der Waals surface area contributed by atoms with E-state index in [1.807, 2.05) is 0 Å². The van der Waals surface area contributed by atoms with Gasteiger partial charge in [-0.05, 0) is 19.1 Å². The molecule has 3 aromatic rings. The number of methoxy groups -OCH3 is 2. The molecule has 0 amide bonds. The van der Waals surface area contributed by atoms with Gasteiger partial charge >= 0.3 is 18.0 Å². The van der Waals surface area contributed by atoms with Crippen LogP contribution in [0.2, 0.25) is 0 Å². The van der Waals surface area contributed by atoms with Gasteiger partial charge in [-0.1, -0.05) is 6.07 Å². The van der Waals surface area contributed by atoms with Crippen molar-refractivity contribution in [2.24, 2.45) is 0 Å². The van der Waals surface area contributed by atoms with Gasteiger partial charge in [0.05, 0.1) is 26.5 Å². The van der Waals surface area contributed by atoms with Crippen LogP contribution in [-0.2, 0) is 6.61 Å². The Morgan fingerprint density at radius 2 is 1.50 bits per heavy atom. The number of carboxylic acids is 1. The third-order valence-electron chi connectivity index (χ3n) is 3.73. The summed E-state index contributed by atoms with van der Waals surface area (Å²) in [5, 5.41) is 19.1. The van der Waals surface area contributed by atoms with Crippen LogP contribution < -0.4 is 18.9 Å². The van der Waals surface area contributed by atoms with Crippen LogP contribution in [0.3, 0.4) is 0 Å². The molecule has 2 N–H and O–H groups in total. The minimum Gasteiger partial charge on any atom is -0.481 e. The molecule has 0 fully saturated rings. The Morgan fingerprint density at radius 1 is 0.933 bits per heavy atom. The Balaban J connectivity index is 2.00. The largest absolute Gasteiger partial charge is 0.481 e. The van der Waals surface area contributed by atoms with Crippen LogP contribution in [0.25, 0.3) is 0 Å². The van der Waals surface area contributed by atoms with Crippen LogP contribution in [0.5, 0.6) is 35.3 Å². The van der Waals surface area contributed by atoms with Crippen LogP contribution in [0.15, 0.2) is 30.3 Å². The molecule has 11 heteroatoms. The van der Waals surface area contributed by atoms with Gasteiger partial charge in [0.1, 0.15) is 17.1 Å². The van der Waals surface area contributed by atoms with Gasteiger partial charge < -0.3 is 29.2 Å². The monoisotopic (exact) mass is 414 g/mol. The van der Waals surface area contributed by atoms with Crippen molar-refractivity contribution in [3.8, 4) is 35.3 Å². The third kappa shape index (κ3) is 4.70. The lowest BCUT2D eigenvalue weighted by atomic mass is 10.2. The second kappa shape index (κ2) is 9.01. The number of hydrogen-bond acceptors (Lipinski definition) is 10. The predicted molar refractivity (Wildman–Crippen MR) is 101 cm³/mol. The first kappa shape index (κ1) is 20.7. The first-order chi connectivity index (χ1) is 14.4. The summed E-state index contributed by atoms with van der Waals surface area (Å²) in [6, 6.07) is 7.10. The summed E-state index contributed by atoms with van der Waals surface area (Å²) in [5.41, 5.74) is 0.516. The van der Waals surface area contributed by atoms with Crippen molar-refractivity contribution in [3.63, 3.8) is 0 Å². The quantitative estimate of drug-likeness (QED) is 0.560. The molecular weight excluding hydrogens is 396 g/mol. The maximum atomic E-state index is 11.9. The van der Waals surface area contributed by atoms with E-state index < -0.39 is 5.97 Å². The highest BCUT2D eigenvalue weighted by Crippen LogP contribution is 2.34. The number of aromatic carboxylic acids is 1. The van der Waals surface area contributed by atoms with Gasteiger partial charge in [0.2, 0.25) is 11.8 Å². The average molecular weight is 414 g/mol. The van der Waals surface area contributed by atoms with E-state index in [0.29, 0.717) is 5.69 Å². The summed E-state index contributed by atoms with van der Waals surface area (Å²) >= 11 is 0. The zero-order valence-corrected chi connectivity index (χ0v) is 16.3. The Bertz CT molecular complexity index is 1050. The summed E-state index contributed by atoms with van der Waals surface area (Å²) in [7, 11) is 2.83. The van der Waals surface area contributed by atoms with Gasteiger partial charge in [-0.3, -0.25) is 0 Å². The SMILES string of the molecule is COc1cc(C)nc(Oc2cccc(Oc3nc(CO)cc(OC)n3)c2C(=O)O)n1. The summed E-state index contributed by atoms with van der Waals surface area (Å²) in [4.78, 5) is 28.1. The first-order valence-corrected chi connectivity index (χ1v) is 8.58. The lowest BCUT2D eigenvalue weighted by Gasteiger charge is -2.13. The summed E-state index contributed by atoms with van der Waals surface area (Å²) in [5.74, 6) is -1.04. The molecule has 3 rings (SSSR count). The number of rotatable bonds is 8. The first-order valence-electron chi connectivity index (χ1n) is 8.58. The Hall–Kier alpha value is -3.99. The van der Waals surface area contributed by atoms with Gasteiger partial charge in [-0.25, -0.2) is 4.79 Å². The fourth-order valence-corrected chi connectivity index (χ4v) is 2.43. The molecule has 0 spiro atoms. The zero-order valence-electron chi connectivity index (χ0n) is 16.3. The maximum absolute atomic E-state index is 11.9. The van der Waals surface area contributed by atoms with Crippen molar-refractivity contribution in [1.29, 1.82) is 0 Å². The number of carbonyl (C=O) groups is 1. The van der Waals surface area contributed by atoms with E-state index in [0.717, 1.165) is 0 Å². The normalized spacial score (nSPS) is 10.4. The standard InChI is InChI=1S/C19H18N4O7/c1-10-7-14(27-2)22-18(20-10)29-12-5-4-6-13(16(12)17(25)26)30-19-21-11(9-24)8-15(23-19)28-3/h4-8,24H,9H2,1-3H3,(H,25,26). The molecular formula is C19H18N4O7. The number of aliphatic hydroxyl groups excluding tert-OH is 1. The minimum absolute atomic E-state index is 0.0575. The molecule has 0 radical (unpaired) electrons. The molecule has 0 aliphatic rings. The number of hydrogen-bond donors (Lipinski definition) is 2. The Labute approximate surface area is 170 Å². The molecule has 0 unspecified atom stereocenters. The Kier molecular flexibility index (Phi) is 6.23. The number of nitrogens with zero attached hydrogens (tertiary/aromatic N) is 4. The van der Waals surface area contributed by atoms with Crippen LogP contribution in [-0.4, -0.2) is 50.3 Å². The number of aryl methyl sites for hydroxylation is 1. The fourth-order valence-electron chi connectivity index (χ4n) is 2.43. The molecule has 30 heavy (non-hydrogen) atoms. The molecule has 0 aliphatic heterocycles. The van der Waals surface area contributed by atoms with Gasteiger partial charge in [-0.2, -0.15) is 19.9 Å². The fraction of sp³-hybridized carbons (Fsp3) is 0.211. The van der Waals surface area contributed by atoms with Crippen molar-refractivity contribution in [3.05, 3.63) is 47.3 Å². The van der Waals surface area contributed by atoms with Gasteiger partial charge in [-0.15, -0.1) is 0 Å². The van der Waals surface area contributed by atoms with Crippen molar-refractivity contribution < 1.29 is 34.0 Å². The molecule has 156 valence electrons. The maximum Gasteiger partial charge on any atom is 0.343 e. The molecule has 11 nitrogen and oxygen atoms in total. The van der Waals surface area contributed by atoms with Crippen molar-refractivity contribution in [2.75, 3.05) is 14.2 Å². The molecule has 2 heterocycles. The van der Waals surface area contributed by atoms with Gasteiger partial charge in [0, 0.05) is 17.8 Å².